The number of rotatable bonds is 1. The summed E-state index contributed by atoms with van der Waals surface area (Å²) in [6.45, 7) is -0.790. The number of alkyl halides is 3. The number of β-amino-alcohol motifs (C(OH)–C–C–N with tert-alkyl or cyclic N) is 1. The summed E-state index contributed by atoms with van der Waals surface area (Å²) in [6, 6.07) is 0. The maximum atomic E-state index is 12.6. The van der Waals surface area contributed by atoms with Gasteiger partial charge in [-0.25, -0.2) is 0 Å². The molecule has 2 rings (SSSR count). The summed E-state index contributed by atoms with van der Waals surface area (Å²) in [5.41, 5.74) is 2.11. The van der Waals surface area contributed by atoms with Crippen LogP contribution in [0.1, 0.15) is 32.1 Å². The molecule has 1 saturated carbocycles. The quantitative estimate of drug-likeness (QED) is 0.737. The molecule has 2 aliphatic rings. The third-order valence-corrected chi connectivity index (χ3v) is 3.98. The van der Waals surface area contributed by atoms with Crippen molar-refractivity contribution in [1.82, 2.24) is 4.90 Å². The Morgan fingerprint density at radius 3 is 2.22 bits per heavy atom. The van der Waals surface area contributed by atoms with E-state index in [2.05, 4.69) is 0 Å². The Balaban J connectivity index is 2.07. The highest BCUT2D eigenvalue weighted by molar-refractivity contribution is 5.86. The lowest BCUT2D eigenvalue weighted by molar-refractivity contribution is -0.253. The average molecular weight is 266 g/mol. The van der Waals surface area contributed by atoms with Gasteiger partial charge in [0.05, 0.1) is 12.1 Å². The number of carbonyl (C=O) groups is 1. The predicted molar refractivity (Wildman–Crippen MR) is 57.6 cm³/mol. The van der Waals surface area contributed by atoms with Crippen LogP contribution in [0.5, 0.6) is 0 Å². The van der Waals surface area contributed by atoms with Crippen molar-refractivity contribution in [2.24, 2.45) is 5.73 Å². The third-order valence-electron chi connectivity index (χ3n) is 3.98. The molecule has 0 radical (unpaired) electrons. The maximum Gasteiger partial charge on any atom is 0.419 e. The maximum absolute atomic E-state index is 12.6. The molecule has 3 N–H and O–H groups in total. The number of halogens is 3. The molecule has 1 atom stereocenters. The fourth-order valence-electron chi connectivity index (χ4n) is 2.73. The van der Waals surface area contributed by atoms with Gasteiger partial charge in [-0.15, -0.1) is 0 Å². The number of nitrogens with zero attached hydrogens (tertiary/aromatic N) is 1. The van der Waals surface area contributed by atoms with E-state index >= 15 is 0 Å². The van der Waals surface area contributed by atoms with Crippen LogP contribution in [0.15, 0.2) is 0 Å². The first-order valence-electron chi connectivity index (χ1n) is 6.05. The highest BCUT2D eigenvalue weighted by Crippen LogP contribution is 2.39. The SMILES string of the molecule is NC1(C(=O)N2CC[C@](O)(C(F)(F)F)C2)CCCC1. The zero-order valence-corrected chi connectivity index (χ0v) is 9.96. The van der Waals surface area contributed by atoms with Crippen molar-refractivity contribution in [2.75, 3.05) is 13.1 Å². The third kappa shape index (κ3) is 2.09. The van der Waals surface area contributed by atoms with E-state index in [1.54, 1.807) is 0 Å². The smallest absolute Gasteiger partial charge is 0.379 e. The van der Waals surface area contributed by atoms with E-state index in [0.29, 0.717) is 12.8 Å². The van der Waals surface area contributed by atoms with Crippen LogP contribution >= 0.6 is 0 Å². The van der Waals surface area contributed by atoms with Gasteiger partial charge in [0, 0.05) is 13.0 Å². The molecular weight excluding hydrogens is 249 g/mol. The zero-order chi connectivity index (χ0) is 13.6. The van der Waals surface area contributed by atoms with Crippen molar-refractivity contribution in [3.05, 3.63) is 0 Å². The zero-order valence-electron chi connectivity index (χ0n) is 9.96. The summed E-state index contributed by atoms with van der Waals surface area (Å²) < 4.78 is 37.9. The Morgan fingerprint density at radius 2 is 1.78 bits per heavy atom. The van der Waals surface area contributed by atoms with E-state index in [1.165, 1.54) is 0 Å². The predicted octanol–water partition coefficient (Wildman–Crippen LogP) is 0.784. The molecule has 1 amide bonds. The minimum atomic E-state index is -4.71. The van der Waals surface area contributed by atoms with Crippen molar-refractivity contribution in [3.8, 4) is 0 Å². The molecule has 104 valence electrons. The van der Waals surface area contributed by atoms with Crippen molar-refractivity contribution >= 4 is 5.91 Å². The Hall–Kier alpha value is -0.820. The molecule has 1 saturated heterocycles. The van der Waals surface area contributed by atoms with Gasteiger partial charge in [0.15, 0.2) is 5.60 Å². The minimum absolute atomic E-state index is 0.0895. The molecule has 1 aliphatic heterocycles. The lowest BCUT2D eigenvalue weighted by Crippen LogP contribution is -2.55. The van der Waals surface area contributed by atoms with Crippen LogP contribution in [0.2, 0.25) is 0 Å². The van der Waals surface area contributed by atoms with E-state index in [4.69, 9.17) is 5.73 Å². The van der Waals surface area contributed by atoms with Crippen molar-refractivity contribution < 1.29 is 23.1 Å². The fraction of sp³-hybridized carbons (Fsp3) is 0.909. The van der Waals surface area contributed by atoms with Crippen LogP contribution in [-0.2, 0) is 4.79 Å². The molecule has 1 heterocycles. The summed E-state index contributed by atoms with van der Waals surface area (Å²) in [5, 5.41) is 9.51. The largest absolute Gasteiger partial charge is 0.419 e. The van der Waals surface area contributed by atoms with Crippen molar-refractivity contribution in [2.45, 2.75) is 49.4 Å². The van der Waals surface area contributed by atoms with E-state index < -0.39 is 36.2 Å². The standard InChI is InChI=1S/C11H17F3N2O2/c12-11(13,14)10(18)5-6-16(7-10)8(17)9(15)3-1-2-4-9/h18H,1-7,15H2/t10-/m1/s1. The molecule has 0 unspecified atom stereocenters. The minimum Gasteiger partial charge on any atom is -0.379 e. The summed E-state index contributed by atoms with van der Waals surface area (Å²) in [6.07, 6.45) is -2.53. The van der Waals surface area contributed by atoms with Gasteiger partial charge >= 0.3 is 6.18 Å². The lowest BCUT2D eigenvalue weighted by Gasteiger charge is -2.30. The highest BCUT2D eigenvalue weighted by Gasteiger charge is 2.58. The number of nitrogens with two attached hydrogens (primary N) is 1. The molecule has 0 aromatic heterocycles. The molecule has 0 aromatic rings. The van der Waals surface area contributed by atoms with E-state index in [0.717, 1.165) is 17.7 Å². The number of amides is 1. The number of hydrogen-bond donors (Lipinski definition) is 2. The van der Waals surface area contributed by atoms with Crippen LogP contribution in [0, 0.1) is 0 Å². The van der Waals surface area contributed by atoms with Crippen LogP contribution in [-0.4, -0.2) is 46.3 Å². The molecule has 1 aliphatic carbocycles. The van der Waals surface area contributed by atoms with Gasteiger partial charge in [-0.2, -0.15) is 13.2 Å². The van der Waals surface area contributed by atoms with Gasteiger partial charge in [-0.05, 0) is 12.8 Å². The second kappa shape index (κ2) is 4.09. The van der Waals surface area contributed by atoms with E-state index in [9.17, 15) is 23.1 Å². The van der Waals surface area contributed by atoms with Gasteiger partial charge < -0.3 is 15.7 Å². The first kappa shape index (κ1) is 13.6. The normalized spacial score (nSPS) is 31.9. The molecule has 0 bridgehead atoms. The van der Waals surface area contributed by atoms with Crippen molar-refractivity contribution in [1.29, 1.82) is 0 Å². The Bertz CT molecular complexity index is 353. The van der Waals surface area contributed by atoms with Crippen LogP contribution in [0.4, 0.5) is 13.2 Å². The van der Waals surface area contributed by atoms with Gasteiger partial charge in [0.25, 0.3) is 0 Å². The molecule has 18 heavy (non-hydrogen) atoms. The molecule has 7 heteroatoms. The van der Waals surface area contributed by atoms with Crippen LogP contribution in [0.3, 0.4) is 0 Å². The Labute approximate surface area is 103 Å². The lowest BCUT2D eigenvalue weighted by atomic mass is 9.97. The number of hydrogen-bond acceptors (Lipinski definition) is 3. The van der Waals surface area contributed by atoms with Gasteiger partial charge in [-0.1, -0.05) is 12.8 Å². The summed E-state index contributed by atoms with van der Waals surface area (Å²) in [7, 11) is 0. The fourth-order valence-corrected chi connectivity index (χ4v) is 2.73. The average Bonchev–Trinajstić information content (AvgIpc) is 2.85. The summed E-state index contributed by atoms with van der Waals surface area (Å²) in [5.74, 6) is -0.458. The molecular formula is C11H17F3N2O2. The summed E-state index contributed by atoms with van der Waals surface area (Å²) >= 11 is 0. The van der Waals surface area contributed by atoms with Gasteiger partial charge in [-0.3, -0.25) is 4.79 Å². The topological polar surface area (TPSA) is 66.6 Å². The number of likely N-dealkylation sites (tertiary alicyclic amines) is 1. The molecule has 2 fully saturated rings. The van der Waals surface area contributed by atoms with E-state index in [-0.39, 0.29) is 6.54 Å². The Kier molecular flexibility index (Phi) is 3.09. The first-order valence-corrected chi connectivity index (χ1v) is 6.05. The monoisotopic (exact) mass is 266 g/mol. The number of carbonyl (C=O) groups excluding carboxylic acids is 1. The molecule has 0 aromatic carbocycles. The molecule has 4 nitrogen and oxygen atoms in total. The van der Waals surface area contributed by atoms with Gasteiger partial charge in [0.1, 0.15) is 0 Å². The molecule has 0 spiro atoms. The van der Waals surface area contributed by atoms with Crippen LogP contribution < -0.4 is 5.73 Å². The second-order valence-corrected chi connectivity index (χ2v) is 5.37. The summed E-state index contributed by atoms with van der Waals surface area (Å²) in [4.78, 5) is 13.2. The van der Waals surface area contributed by atoms with Gasteiger partial charge in [0.2, 0.25) is 5.91 Å². The van der Waals surface area contributed by atoms with Crippen molar-refractivity contribution in [3.63, 3.8) is 0 Å². The first-order chi connectivity index (χ1) is 8.18. The second-order valence-electron chi connectivity index (χ2n) is 5.37. The Morgan fingerprint density at radius 1 is 1.22 bits per heavy atom. The van der Waals surface area contributed by atoms with E-state index in [1.807, 2.05) is 0 Å². The number of aliphatic hydroxyl groups is 1. The highest BCUT2D eigenvalue weighted by atomic mass is 19.4. The van der Waals surface area contributed by atoms with Crippen LogP contribution in [0.25, 0.3) is 0 Å².